The summed E-state index contributed by atoms with van der Waals surface area (Å²) in [5, 5.41) is 4.83. The van der Waals surface area contributed by atoms with E-state index in [1.807, 2.05) is 24.3 Å². The van der Waals surface area contributed by atoms with Crippen molar-refractivity contribution in [2.75, 3.05) is 6.54 Å². The number of hydrogen-bond donors (Lipinski definition) is 1. The third kappa shape index (κ3) is 3.82. The van der Waals surface area contributed by atoms with Gasteiger partial charge in [0.05, 0.1) is 0 Å². The molecule has 1 aromatic carbocycles. The minimum atomic E-state index is 0.220. The summed E-state index contributed by atoms with van der Waals surface area (Å²) < 4.78 is 0. The van der Waals surface area contributed by atoms with Crippen molar-refractivity contribution in [3.05, 3.63) is 46.5 Å². The maximum absolute atomic E-state index is 6.12. The van der Waals surface area contributed by atoms with Gasteiger partial charge in [0, 0.05) is 16.1 Å². The molecule has 1 aromatic rings. The molecule has 0 saturated carbocycles. The van der Waals surface area contributed by atoms with Crippen LogP contribution >= 0.6 is 23.2 Å². The largest absolute Gasteiger partial charge is 0.310 e. The molecule has 3 heteroatoms. The second-order valence-electron chi connectivity index (χ2n) is 3.70. The molecule has 0 aromatic heterocycles. The lowest BCUT2D eigenvalue weighted by Crippen LogP contribution is -2.29. The van der Waals surface area contributed by atoms with E-state index < -0.39 is 0 Å². The maximum Gasteiger partial charge on any atom is 0.0453 e. The quantitative estimate of drug-likeness (QED) is 0.758. The highest BCUT2D eigenvalue weighted by molar-refractivity contribution is 6.36. The molecule has 1 N–H and O–H groups in total. The molecule has 0 fully saturated rings. The Balaban J connectivity index is 2.73. The van der Waals surface area contributed by atoms with E-state index in [0.717, 1.165) is 35.0 Å². The molecule has 1 atom stereocenters. The average Bonchev–Trinajstić information content (AvgIpc) is 2.28. The Labute approximate surface area is 107 Å². The van der Waals surface area contributed by atoms with Crippen molar-refractivity contribution < 1.29 is 0 Å². The van der Waals surface area contributed by atoms with Crippen LogP contribution in [-0.4, -0.2) is 12.6 Å². The maximum atomic E-state index is 6.12. The molecule has 1 rings (SSSR count). The van der Waals surface area contributed by atoms with Crippen molar-refractivity contribution in [1.29, 1.82) is 0 Å². The molecule has 0 aliphatic carbocycles. The van der Waals surface area contributed by atoms with Gasteiger partial charge in [-0.05, 0) is 37.1 Å². The normalized spacial score (nSPS) is 12.4. The Bertz CT molecular complexity index is 330. The highest BCUT2D eigenvalue weighted by Gasteiger charge is 2.10. The van der Waals surface area contributed by atoms with Crippen molar-refractivity contribution in [3.8, 4) is 0 Å². The van der Waals surface area contributed by atoms with E-state index >= 15 is 0 Å². The number of hydrogen-bond acceptors (Lipinski definition) is 1. The van der Waals surface area contributed by atoms with E-state index in [4.69, 9.17) is 23.2 Å². The van der Waals surface area contributed by atoms with Crippen molar-refractivity contribution >= 4 is 23.2 Å². The van der Waals surface area contributed by atoms with E-state index in [1.54, 1.807) is 0 Å². The Hall–Kier alpha value is -0.500. The summed E-state index contributed by atoms with van der Waals surface area (Å²) in [6.45, 7) is 6.93. The molecule has 0 aliphatic rings. The van der Waals surface area contributed by atoms with Crippen LogP contribution in [0.15, 0.2) is 30.9 Å². The Kier molecular flexibility index (Phi) is 5.89. The summed E-state index contributed by atoms with van der Waals surface area (Å²) in [5.74, 6) is 0. The first kappa shape index (κ1) is 13.6. The number of nitrogens with one attached hydrogen (secondary N) is 1. The fourth-order valence-corrected chi connectivity index (χ4v) is 2.07. The Morgan fingerprint density at radius 3 is 2.50 bits per heavy atom. The van der Waals surface area contributed by atoms with Crippen LogP contribution in [0.2, 0.25) is 10.0 Å². The van der Waals surface area contributed by atoms with Crippen LogP contribution in [0.4, 0.5) is 0 Å². The molecule has 16 heavy (non-hydrogen) atoms. The summed E-state index contributed by atoms with van der Waals surface area (Å²) in [5.41, 5.74) is 0.985. The van der Waals surface area contributed by atoms with Gasteiger partial charge in [-0.1, -0.05) is 42.3 Å². The zero-order chi connectivity index (χ0) is 12.0. The lowest BCUT2D eigenvalue weighted by molar-refractivity contribution is 0.585. The number of rotatable bonds is 6. The smallest absolute Gasteiger partial charge is 0.0453 e. The van der Waals surface area contributed by atoms with Crippen LogP contribution in [0.3, 0.4) is 0 Å². The standard InChI is InChI=1S/C13H17Cl2N/c1-3-8-16-10(4-2)9-11-12(14)6-5-7-13(11)15/h4-7,10,16H,2-3,8-9H2,1H3. The molecule has 88 valence electrons. The first-order chi connectivity index (χ1) is 7.69. The van der Waals surface area contributed by atoms with Gasteiger partial charge >= 0.3 is 0 Å². The lowest BCUT2D eigenvalue weighted by atomic mass is 10.1. The van der Waals surface area contributed by atoms with Crippen LogP contribution in [0, 0.1) is 0 Å². The third-order valence-electron chi connectivity index (χ3n) is 2.43. The number of benzene rings is 1. The highest BCUT2D eigenvalue weighted by Crippen LogP contribution is 2.25. The van der Waals surface area contributed by atoms with Gasteiger partial charge in [-0.2, -0.15) is 0 Å². The molecule has 1 unspecified atom stereocenters. The van der Waals surface area contributed by atoms with Gasteiger partial charge in [-0.3, -0.25) is 0 Å². The summed E-state index contributed by atoms with van der Waals surface area (Å²) in [6, 6.07) is 5.81. The topological polar surface area (TPSA) is 12.0 Å². The summed E-state index contributed by atoms with van der Waals surface area (Å²) in [7, 11) is 0. The van der Waals surface area contributed by atoms with E-state index in [0.29, 0.717) is 0 Å². The van der Waals surface area contributed by atoms with Crippen LogP contribution in [-0.2, 0) is 6.42 Å². The zero-order valence-corrected chi connectivity index (χ0v) is 11.0. The monoisotopic (exact) mass is 257 g/mol. The lowest BCUT2D eigenvalue weighted by Gasteiger charge is -2.16. The summed E-state index contributed by atoms with van der Waals surface area (Å²) >= 11 is 12.2. The predicted octanol–water partition coefficient (Wildman–Crippen LogP) is 4.09. The second kappa shape index (κ2) is 6.95. The van der Waals surface area contributed by atoms with Crippen LogP contribution < -0.4 is 5.32 Å². The molecule has 0 bridgehead atoms. The van der Waals surface area contributed by atoms with Gasteiger partial charge in [0.15, 0.2) is 0 Å². The average molecular weight is 258 g/mol. The van der Waals surface area contributed by atoms with Gasteiger partial charge in [0.25, 0.3) is 0 Å². The van der Waals surface area contributed by atoms with E-state index in [9.17, 15) is 0 Å². The van der Waals surface area contributed by atoms with E-state index in [1.165, 1.54) is 0 Å². The molecule has 0 amide bonds. The van der Waals surface area contributed by atoms with Crippen molar-refractivity contribution in [2.45, 2.75) is 25.8 Å². The minimum absolute atomic E-state index is 0.220. The van der Waals surface area contributed by atoms with Gasteiger partial charge in [-0.15, -0.1) is 6.58 Å². The van der Waals surface area contributed by atoms with Crippen molar-refractivity contribution in [2.24, 2.45) is 0 Å². The fraction of sp³-hybridized carbons (Fsp3) is 0.385. The molecule has 0 saturated heterocycles. The van der Waals surface area contributed by atoms with Crippen molar-refractivity contribution in [3.63, 3.8) is 0 Å². The van der Waals surface area contributed by atoms with E-state index in [2.05, 4.69) is 18.8 Å². The molecule has 0 radical (unpaired) electrons. The van der Waals surface area contributed by atoms with Gasteiger partial charge < -0.3 is 5.32 Å². The molecular weight excluding hydrogens is 241 g/mol. The highest BCUT2D eigenvalue weighted by atomic mass is 35.5. The van der Waals surface area contributed by atoms with Gasteiger partial charge in [0.2, 0.25) is 0 Å². The Morgan fingerprint density at radius 1 is 1.38 bits per heavy atom. The number of halogens is 2. The third-order valence-corrected chi connectivity index (χ3v) is 3.13. The first-order valence-electron chi connectivity index (χ1n) is 5.47. The van der Waals surface area contributed by atoms with Crippen LogP contribution in [0.5, 0.6) is 0 Å². The van der Waals surface area contributed by atoms with Gasteiger partial charge in [-0.25, -0.2) is 0 Å². The Morgan fingerprint density at radius 2 is 2.00 bits per heavy atom. The zero-order valence-electron chi connectivity index (χ0n) is 9.47. The summed E-state index contributed by atoms with van der Waals surface area (Å²) in [6.07, 6.45) is 3.78. The summed E-state index contributed by atoms with van der Waals surface area (Å²) in [4.78, 5) is 0. The molecule has 0 aliphatic heterocycles. The SMILES string of the molecule is C=CC(Cc1c(Cl)cccc1Cl)NCCC. The predicted molar refractivity (Wildman–Crippen MR) is 72.4 cm³/mol. The van der Waals surface area contributed by atoms with Crippen molar-refractivity contribution in [1.82, 2.24) is 5.32 Å². The molecular formula is C13H17Cl2N. The first-order valence-corrected chi connectivity index (χ1v) is 6.23. The molecule has 0 spiro atoms. The van der Waals surface area contributed by atoms with Crippen LogP contribution in [0.1, 0.15) is 18.9 Å². The fourth-order valence-electron chi connectivity index (χ4n) is 1.52. The van der Waals surface area contributed by atoms with E-state index in [-0.39, 0.29) is 6.04 Å². The van der Waals surface area contributed by atoms with Gasteiger partial charge in [0.1, 0.15) is 0 Å². The van der Waals surface area contributed by atoms with Crippen LogP contribution in [0.25, 0.3) is 0 Å². The molecule has 1 nitrogen and oxygen atoms in total. The molecule has 0 heterocycles. The minimum Gasteiger partial charge on any atom is -0.310 e. The second-order valence-corrected chi connectivity index (χ2v) is 4.52.